The molecule has 1 heterocycles. The van der Waals surface area contributed by atoms with Crippen LogP contribution in [0.25, 0.3) is 0 Å². The Morgan fingerprint density at radius 1 is 1.38 bits per heavy atom. The molecule has 0 amide bonds. The van der Waals surface area contributed by atoms with Crippen molar-refractivity contribution in [3.05, 3.63) is 21.9 Å². The molecule has 0 spiro atoms. The van der Waals surface area contributed by atoms with Crippen molar-refractivity contribution < 1.29 is 0 Å². The Hall–Kier alpha value is -0.420. The second kappa shape index (κ2) is 7.01. The molecule has 1 unspecified atom stereocenters. The number of aryl methyl sites for hydroxylation is 1. The summed E-state index contributed by atoms with van der Waals surface area (Å²) in [4.78, 5) is 5.11. The molecular weight excluding hydrogens is 218 g/mol. The third kappa shape index (κ3) is 3.87. The van der Waals surface area contributed by atoms with E-state index in [1.54, 1.807) is 0 Å². The highest BCUT2D eigenvalue weighted by molar-refractivity contribution is 7.12. The fourth-order valence-corrected chi connectivity index (χ4v) is 2.77. The second-order valence-corrected chi connectivity index (χ2v) is 5.30. The van der Waals surface area contributed by atoms with E-state index in [0.717, 1.165) is 26.1 Å². The SMILES string of the molecule is CCN(CC)CCC(NN)c1ccc(C)s1. The summed E-state index contributed by atoms with van der Waals surface area (Å²) in [5.74, 6) is 5.62. The molecule has 0 saturated carbocycles. The van der Waals surface area contributed by atoms with Gasteiger partial charge in [0.05, 0.1) is 6.04 Å². The smallest absolute Gasteiger partial charge is 0.0565 e. The molecule has 16 heavy (non-hydrogen) atoms. The van der Waals surface area contributed by atoms with E-state index in [4.69, 9.17) is 5.84 Å². The van der Waals surface area contributed by atoms with E-state index < -0.39 is 0 Å². The topological polar surface area (TPSA) is 41.3 Å². The van der Waals surface area contributed by atoms with Crippen LogP contribution >= 0.6 is 11.3 Å². The fraction of sp³-hybridized carbons (Fsp3) is 0.667. The lowest BCUT2D eigenvalue weighted by Crippen LogP contribution is -2.32. The van der Waals surface area contributed by atoms with Gasteiger partial charge in [-0.15, -0.1) is 11.3 Å². The van der Waals surface area contributed by atoms with E-state index in [-0.39, 0.29) is 0 Å². The minimum absolute atomic E-state index is 0.291. The van der Waals surface area contributed by atoms with E-state index in [1.807, 2.05) is 11.3 Å². The summed E-state index contributed by atoms with van der Waals surface area (Å²) >= 11 is 1.83. The zero-order chi connectivity index (χ0) is 12.0. The summed E-state index contributed by atoms with van der Waals surface area (Å²) < 4.78 is 0. The van der Waals surface area contributed by atoms with Crippen LogP contribution in [0, 0.1) is 6.92 Å². The van der Waals surface area contributed by atoms with Gasteiger partial charge in [0.1, 0.15) is 0 Å². The zero-order valence-electron chi connectivity index (χ0n) is 10.5. The van der Waals surface area contributed by atoms with Crippen molar-refractivity contribution in [2.24, 2.45) is 5.84 Å². The quantitative estimate of drug-likeness (QED) is 0.568. The molecule has 0 fully saturated rings. The van der Waals surface area contributed by atoms with Gasteiger partial charge in [0.25, 0.3) is 0 Å². The third-order valence-electron chi connectivity index (χ3n) is 2.93. The van der Waals surface area contributed by atoms with E-state index in [9.17, 15) is 0 Å². The standard InChI is InChI=1S/C12H23N3S/c1-4-15(5-2)9-8-11(14-13)12-7-6-10(3)16-12/h6-7,11,14H,4-5,8-9,13H2,1-3H3. The first-order chi connectivity index (χ1) is 7.71. The molecule has 1 aromatic rings. The molecule has 4 heteroatoms. The summed E-state index contributed by atoms with van der Waals surface area (Å²) in [5.41, 5.74) is 2.92. The first kappa shape index (κ1) is 13.6. The minimum Gasteiger partial charge on any atom is -0.304 e. The van der Waals surface area contributed by atoms with E-state index in [0.29, 0.717) is 6.04 Å². The molecule has 0 bridgehead atoms. The van der Waals surface area contributed by atoms with Crippen molar-refractivity contribution in [3.63, 3.8) is 0 Å². The van der Waals surface area contributed by atoms with Crippen LogP contribution in [0.2, 0.25) is 0 Å². The molecular formula is C12H23N3S. The summed E-state index contributed by atoms with van der Waals surface area (Å²) in [5, 5.41) is 0. The number of rotatable bonds is 7. The van der Waals surface area contributed by atoms with Crippen LogP contribution in [0.5, 0.6) is 0 Å². The second-order valence-electron chi connectivity index (χ2n) is 3.98. The number of hydrogen-bond donors (Lipinski definition) is 2. The van der Waals surface area contributed by atoms with Gasteiger partial charge in [-0.1, -0.05) is 13.8 Å². The highest BCUT2D eigenvalue weighted by atomic mass is 32.1. The van der Waals surface area contributed by atoms with Crippen LogP contribution in [-0.2, 0) is 0 Å². The van der Waals surface area contributed by atoms with Gasteiger partial charge < -0.3 is 4.90 Å². The number of thiophene rings is 1. The highest BCUT2D eigenvalue weighted by Crippen LogP contribution is 2.24. The number of hydrogen-bond acceptors (Lipinski definition) is 4. The first-order valence-electron chi connectivity index (χ1n) is 5.96. The van der Waals surface area contributed by atoms with Gasteiger partial charge in [0.15, 0.2) is 0 Å². The number of nitrogens with zero attached hydrogens (tertiary/aromatic N) is 1. The largest absolute Gasteiger partial charge is 0.304 e. The monoisotopic (exact) mass is 241 g/mol. The van der Waals surface area contributed by atoms with Crippen molar-refractivity contribution in [2.75, 3.05) is 19.6 Å². The van der Waals surface area contributed by atoms with E-state index in [2.05, 4.69) is 43.2 Å². The lowest BCUT2D eigenvalue weighted by molar-refractivity contribution is 0.283. The summed E-state index contributed by atoms with van der Waals surface area (Å²) in [6.07, 6.45) is 1.07. The first-order valence-corrected chi connectivity index (χ1v) is 6.77. The molecule has 1 atom stereocenters. The minimum atomic E-state index is 0.291. The molecule has 3 nitrogen and oxygen atoms in total. The predicted molar refractivity (Wildman–Crippen MR) is 71.5 cm³/mol. The number of nitrogens with one attached hydrogen (secondary N) is 1. The van der Waals surface area contributed by atoms with Gasteiger partial charge >= 0.3 is 0 Å². The Morgan fingerprint density at radius 2 is 2.06 bits per heavy atom. The van der Waals surface area contributed by atoms with E-state index >= 15 is 0 Å². The summed E-state index contributed by atoms with van der Waals surface area (Å²) in [7, 11) is 0. The van der Waals surface area contributed by atoms with Gasteiger partial charge in [-0.25, -0.2) is 0 Å². The molecule has 0 aliphatic rings. The maximum Gasteiger partial charge on any atom is 0.0565 e. The Labute approximate surface area is 103 Å². The number of nitrogens with two attached hydrogens (primary N) is 1. The molecule has 0 saturated heterocycles. The summed E-state index contributed by atoms with van der Waals surface area (Å²) in [6.45, 7) is 9.84. The Kier molecular flexibility index (Phi) is 5.98. The maximum absolute atomic E-state index is 5.62. The van der Waals surface area contributed by atoms with Gasteiger partial charge in [-0.2, -0.15) is 0 Å². The lowest BCUT2D eigenvalue weighted by Gasteiger charge is -2.21. The van der Waals surface area contributed by atoms with Gasteiger partial charge in [0, 0.05) is 9.75 Å². The molecule has 0 aromatic carbocycles. The van der Waals surface area contributed by atoms with Crippen molar-refractivity contribution in [3.8, 4) is 0 Å². The molecule has 92 valence electrons. The molecule has 0 aliphatic heterocycles. The predicted octanol–water partition coefficient (Wildman–Crippen LogP) is 2.29. The average Bonchev–Trinajstić information content (AvgIpc) is 2.71. The summed E-state index contributed by atoms with van der Waals surface area (Å²) in [6, 6.07) is 4.62. The Bertz CT molecular complexity index is 294. The van der Waals surface area contributed by atoms with Gasteiger partial charge in [0.2, 0.25) is 0 Å². The van der Waals surface area contributed by atoms with Crippen molar-refractivity contribution in [2.45, 2.75) is 33.2 Å². The Balaban J connectivity index is 2.49. The van der Waals surface area contributed by atoms with Crippen LogP contribution in [0.15, 0.2) is 12.1 Å². The zero-order valence-corrected chi connectivity index (χ0v) is 11.3. The van der Waals surface area contributed by atoms with Crippen LogP contribution in [-0.4, -0.2) is 24.5 Å². The average molecular weight is 241 g/mol. The van der Waals surface area contributed by atoms with Crippen molar-refractivity contribution >= 4 is 11.3 Å². The van der Waals surface area contributed by atoms with E-state index in [1.165, 1.54) is 9.75 Å². The van der Waals surface area contributed by atoms with Crippen LogP contribution in [0.3, 0.4) is 0 Å². The van der Waals surface area contributed by atoms with Crippen molar-refractivity contribution in [1.82, 2.24) is 10.3 Å². The molecule has 0 aliphatic carbocycles. The molecule has 3 N–H and O–H groups in total. The fourth-order valence-electron chi connectivity index (χ4n) is 1.80. The van der Waals surface area contributed by atoms with Crippen LogP contribution in [0.4, 0.5) is 0 Å². The Morgan fingerprint density at radius 3 is 2.50 bits per heavy atom. The molecule has 0 radical (unpaired) electrons. The number of hydrazine groups is 1. The normalized spacial score (nSPS) is 13.3. The molecule has 1 aromatic heterocycles. The maximum atomic E-state index is 5.62. The van der Waals surface area contributed by atoms with Gasteiger partial charge in [-0.3, -0.25) is 11.3 Å². The third-order valence-corrected chi connectivity index (χ3v) is 4.05. The molecule has 1 rings (SSSR count). The highest BCUT2D eigenvalue weighted by Gasteiger charge is 2.12. The lowest BCUT2D eigenvalue weighted by atomic mass is 10.1. The van der Waals surface area contributed by atoms with Gasteiger partial charge in [-0.05, 0) is 45.1 Å². The van der Waals surface area contributed by atoms with Crippen molar-refractivity contribution in [1.29, 1.82) is 0 Å². The van der Waals surface area contributed by atoms with Crippen LogP contribution in [0.1, 0.15) is 36.1 Å². The van der Waals surface area contributed by atoms with Crippen LogP contribution < -0.4 is 11.3 Å².